The summed E-state index contributed by atoms with van der Waals surface area (Å²) in [5, 5.41) is 32.6. The van der Waals surface area contributed by atoms with Crippen LogP contribution in [-0.2, 0) is 15.6 Å². The van der Waals surface area contributed by atoms with Crippen molar-refractivity contribution in [1.29, 1.82) is 0 Å². The zero-order valence-electron chi connectivity index (χ0n) is 18.4. The number of nitrogens with one attached hydrogen (secondary N) is 1. The fraction of sp³-hybridized carbons (Fsp3) is 0.412. The summed E-state index contributed by atoms with van der Waals surface area (Å²) < 4.78 is 15.9. The smallest absolute Gasteiger partial charge is 0.849 e. The zero-order chi connectivity index (χ0) is 23.1. The molecule has 0 saturated carbocycles. The second-order valence-corrected chi connectivity index (χ2v) is 8.25. The molecule has 0 amide bonds. The number of phosphoric ester groups is 1. The minimum Gasteiger partial charge on any atom is -0.849 e. The van der Waals surface area contributed by atoms with Crippen molar-refractivity contribution in [2.45, 2.75) is 38.7 Å². The molecule has 8 N–H and O–H groups in total. The van der Waals surface area contributed by atoms with Gasteiger partial charge in [-0.2, -0.15) is 4.98 Å². The first-order valence-electron chi connectivity index (χ1n) is 8.99. The van der Waals surface area contributed by atoms with Gasteiger partial charge in [0.15, 0.2) is 11.5 Å². The van der Waals surface area contributed by atoms with Crippen LogP contribution >= 0.6 is 7.82 Å². The maximum absolute atomic E-state index is 12.7. The summed E-state index contributed by atoms with van der Waals surface area (Å²) in [4.78, 5) is 53.2. The Morgan fingerprint density at radius 1 is 1.18 bits per heavy atom. The summed E-state index contributed by atoms with van der Waals surface area (Å²) in [5.41, 5.74) is 0.393. The maximum Gasteiger partial charge on any atom is 1.00 e. The predicted molar refractivity (Wildman–Crippen MR) is 109 cm³/mol. The molecule has 0 aromatic heterocycles. The number of fused-ring (bicyclic) bond motifs is 2. The van der Waals surface area contributed by atoms with Gasteiger partial charge in [-0.25, -0.2) is 9.78 Å². The molecule has 4 atom stereocenters. The number of aryl methyl sites for hydroxylation is 2. The van der Waals surface area contributed by atoms with E-state index in [1.54, 1.807) is 19.1 Å². The molecule has 15 nitrogen and oxygen atoms in total. The van der Waals surface area contributed by atoms with E-state index in [2.05, 4.69) is 14.5 Å². The Labute approximate surface area is 213 Å². The Kier molecular flexibility index (Phi) is 11.8. The van der Waals surface area contributed by atoms with Crippen LogP contribution in [0, 0.1) is 13.8 Å². The number of hydrogen-bond donors (Lipinski definition) is 4. The van der Waals surface area contributed by atoms with Gasteiger partial charge in [0.1, 0.15) is 6.10 Å². The van der Waals surface area contributed by atoms with E-state index in [1.807, 2.05) is 11.9 Å². The van der Waals surface area contributed by atoms with Crippen molar-refractivity contribution in [2.24, 2.45) is 0 Å². The molecule has 2 heterocycles. The molecule has 1 aromatic carbocycles. The first-order chi connectivity index (χ1) is 14.4. The van der Waals surface area contributed by atoms with Crippen LogP contribution in [0.5, 0.6) is 0 Å². The van der Waals surface area contributed by atoms with Crippen molar-refractivity contribution in [1.82, 2.24) is 19.5 Å². The number of aromatic amines is 1. The average Bonchev–Trinajstić information content (AvgIpc) is 2.67. The van der Waals surface area contributed by atoms with Crippen molar-refractivity contribution in [3.05, 3.63) is 44.1 Å². The minimum absolute atomic E-state index is 0. The van der Waals surface area contributed by atoms with Gasteiger partial charge in [-0.05, 0) is 37.1 Å². The standard InChI is InChI=1S/C17H20N4O9P.Na.2H2O/c1-7-3-9-10(4-8(7)2)21(15-13(18-9)16(25)20-17(26)19-15)5-11(22)14(24)12(23)6-30-31(27,28)29;;;/h3-4,11-12,14,23-24H,5-6H2,1-2H3,(H,20,25,26)(H2,27,28,29);;2*1H2/q-1;+1;;/p-1/t11-,12+,14-;;;/m1.../s1. The fourth-order valence-corrected chi connectivity index (χ4v) is 3.38. The second-order valence-electron chi connectivity index (χ2n) is 7.05. The van der Waals surface area contributed by atoms with Crippen LogP contribution in [0.3, 0.4) is 0 Å². The molecule has 0 radical (unpaired) electrons. The number of aliphatic hydroxyl groups excluding tert-OH is 2. The number of benzene rings is 1. The normalized spacial score (nSPS) is 15.4. The Hall–Kier alpha value is -1.59. The number of aromatic nitrogens is 4. The maximum atomic E-state index is 12.7. The van der Waals surface area contributed by atoms with Crippen LogP contribution in [0.1, 0.15) is 11.1 Å². The van der Waals surface area contributed by atoms with Crippen molar-refractivity contribution in [3.63, 3.8) is 0 Å². The van der Waals surface area contributed by atoms with Crippen molar-refractivity contribution >= 4 is 18.9 Å². The third kappa shape index (κ3) is 7.21. The third-order valence-electron chi connectivity index (χ3n) is 4.77. The first-order valence-corrected chi connectivity index (χ1v) is 10.5. The quantitative estimate of drug-likeness (QED) is 0.131. The SMILES string of the molecule is Cc1cc2nc3c(=O)[nH]c(=O)nc-3n(C[C@@H]([O-])[C@@H](O)[C@@H](O)COP(=O)([O-])O)c2cc1C.O.O.[Na+]. The minimum atomic E-state index is -5.16. The molecule has 0 aliphatic carbocycles. The Balaban J connectivity index is 0.00000363. The molecular formula is C17H23N4NaO11P-. The van der Waals surface area contributed by atoms with Crippen LogP contribution in [0.2, 0.25) is 0 Å². The van der Waals surface area contributed by atoms with Gasteiger partial charge in [0.25, 0.3) is 13.4 Å². The first kappa shape index (κ1) is 32.4. The molecule has 34 heavy (non-hydrogen) atoms. The van der Waals surface area contributed by atoms with E-state index in [9.17, 15) is 34.4 Å². The fourth-order valence-electron chi connectivity index (χ4n) is 3.04. The van der Waals surface area contributed by atoms with Crippen molar-refractivity contribution in [2.75, 3.05) is 6.61 Å². The molecule has 184 valence electrons. The second kappa shape index (κ2) is 12.4. The van der Waals surface area contributed by atoms with Gasteiger partial charge < -0.3 is 45.1 Å². The Morgan fingerprint density at radius 3 is 2.35 bits per heavy atom. The zero-order valence-corrected chi connectivity index (χ0v) is 21.3. The van der Waals surface area contributed by atoms with E-state index in [0.717, 1.165) is 11.1 Å². The van der Waals surface area contributed by atoms with Gasteiger partial charge in [0.05, 0.1) is 23.7 Å². The Morgan fingerprint density at radius 2 is 1.76 bits per heavy atom. The monoisotopic (exact) mass is 513 g/mol. The van der Waals surface area contributed by atoms with Crippen LogP contribution in [0.25, 0.3) is 22.6 Å². The molecule has 3 rings (SSSR count). The molecule has 2 aliphatic heterocycles. The molecule has 0 saturated heterocycles. The van der Waals surface area contributed by atoms with E-state index in [0.29, 0.717) is 11.0 Å². The molecule has 1 unspecified atom stereocenters. The van der Waals surface area contributed by atoms with Crippen LogP contribution < -0.4 is 50.8 Å². The summed E-state index contributed by atoms with van der Waals surface area (Å²) in [6.07, 6.45) is -5.91. The van der Waals surface area contributed by atoms with E-state index in [4.69, 9.17) is 4.89 Å². The molecular weight excluding hydrogens is 490 g/mol. The van der Waals surface area contributed by atoms with E-state index >= 15 is 0 Å². The number of aliphatic hydroxyl groups is 2. The number of phosphoric acid groups is 1. The van der Waals surface area contributed by atoms with Crippen molar-refractivity contribution in [3.8, 4) is 11.5 Å². The predicted octanol–water partition coefficient (Wildman–Crippen LogP) is -7.52. The average molecular weight is 513 g/mol. The molecule has 0 spiro atoms. The van der Waals surface area contributed by atoms with E-state index in [-0.39, 0.29) is 52.0 Å². The number of hydrogen-bond acceptors (Lipinski definition) is 10. The summed E-state index contributed by atoms with van der Waals surface area (Å²) >= 11 is 0. The molecule has 0 fully saturated rings. The van der Waals surface area contributed by atoms with Gasteiger partial charge >= 0.3 is 35.2 Å². The van der Waals surface area contributed by atoms with Crippen LogP contribution in [0.4, 0.5) is 0 Å². The topological polar surface area (TPSA) is 277 Å². The summed E-state index contributed by atoms with van der Waals surface area (Å²) in [6.45, 7) is 2.02. The van der Waals surface area contributed by atoms with Crippen LogP contribution in [0.15, 0.2) is 21.7 Å². The number of H-pyrrole nitrogens is 1. The Bertz CT molecular complexity index is 1260. The van der Waals surface area contributed by atoms with Crippen molar-refractivity contribution < 1.29 is 74.7 Å². The van der Waals surface area contributed by atoms with Gasteiger partial charge in [-0.3, -0.25) is 14.3 Å². The largest absolute Gasteiger partial charge is 1.00 e. The van der Waals surface area contributed by atoms with Gasteiger partial charge in [0, 0.05) is 6.54 Å². The summed E-state index contributed by atoms with van der Waals surface area (Å²) in [7, 11) is -5.16. The number of rotatable bonds is 7. The van der Waals surface area contributed by atoms with E-state index in [1.165, 1.54) is 4.57 Å². The van der Waals surface area contributed by atoms with Gasteiger partial charge in [-0.15, -0.1) is 0 Å². The van der Waals surface area contributed by atoms with Gasteiger partial charge in [0.2, 0.25) is 0 Å². The molecule has 1 aromatic rings. The molecule has 17 heteroatoms. The molecule has 2 aliphatic rings. The number of nitrogens with zero attached hydrogens (tertiary/aromatic N) is 3. The third-order valence-corrected chi connectivity index (χ3v) is 5.25. The molecule has 0 bridgehead atoms. The summed E-state index contributed by atoms with van der Waals surface area (Å²) in [6, 6.07) is 3.35. The summed E-state index contributed by atoms with van der Waals surface area (Å²) in [5.74, 6) is -0.192. The van der Waals surface area contributed by atoms with Crippen LogP contribution in [-0.4, -0.2) is 70.5 Å². The van der Waals surface area contributed by atoms with Gasteiger partial charge in [-0.1, -0.05) is 6.10 Å². The van der Waals surface area contributed by atoms with E-state index < -0.39 is 50.5 Å².